The molecule has 25 heavy (non-hydrogen) atoms. The minimum atomic E-state index is -0.458. The van der Waals surface area contributed by atoms with Gasteiger partial charge in [0.2, 0.25) is 0 Å². The minimum Gasteiger partial charge on any atom is -0.490 e. The summed E-state index contributed by atoms with van der Waals surface area (Å²) < 4.78 is 36.1. The van der Waals surface area contributed by atoms with E-state index < -0.39 is 5.82 Å². The number of para-hydroxylation sites is 2. The van der Waals surface area contributed by atoms with E-state index in [0.717, 1.165) is 18.4 Å². The number of ketones is 1. The Kier molecular flexibility index (Phi) is 8.17. The molecule has 0 fully saturated rings. The summed E-state index contributed by atoms with van der Waals surface area (Å²) in [5.74, 6) is -0.175. The molecular formula is C19H20F2O3Zn. The predicted molar refractivity (Wildman–Crippen MR) is 87.8 cm³/mol. The van der Waals surface area contributed by atoms with Crippen LogP contribution in [0.2, 0.25) is 0 Å². The Balaban J connectivity index is 0.000000232. The first-order valence-electron chi connectivity index (χ1n) is 7.51. The molecule has 0 saturated carbocycles. The van der Waals surface area contributed by atoms with E-state index in [-0.39, 0.29) is 50.9 Å². The van der Waals surface area contributed by atoms with Gasteiger partial charge in [-0.05, 0) is 36.6 Å². The van der Waals surface area contributed by atoms with Crippen molar-refractivity contribution >= 4 is 5.78 Å². The third-order valence-corrected chi connectivity index (χ3v) is 3.73. The van der Waals surface area contributed by atoms with Crippen molar-refractivity contribution in [3.8, 4) is 11.5 Å². The summed E-state index contributed by atoms with van der Waals surface area (Å²) >= 11 is 0. The maximum Gasteiger partial charge on any atom is 0.170 e. The standard InChI is InChI=1S/C9H7FO2.C9H9FO.CH4.Zn/c10-7-3-1-2-6-8(11)4-5-12-9(6)7;10-8-5-1-3-7-4-2-6-11-9(7)8;;/h1-3H,4-5H2;1,3,5H,2,4,6H2;1H4;. The molecule has 6 heteroatoms. The van der Waals surface area contributed by atoms with Crippen molar-refractivity contribution in [2.75, 3.05) is 13.2 Å². The Morgan fingerprint density at radius 1 is 0.840 bits per heavy atom. The summed E-state index contributed by atoms with van der Waals surface area (Å²) in [6, 6.07) is 9.46. The Labute approximate surface area is 159 Å². The van der Waals surface area contributed by atoms with Gasteiger partial charge in [0, 0.05) is 25.9 Å². The van der Waals surface area contributed by atoms with Crippen molar-refractivity contribution in [1.82, 2.24) is 0 Å². The number of carbonyl (C=O) groups excluding carboxylic acids is 1. The zero-order chi connectivity index (χ0) is 16.2. The van der Waals surface area contributed by atoms with Crippen LogP contribution in [-0.2, 0) is 25.9 Å². The topological polar surface area (TPSA) is 35.5 Å². The number of ether oxygens (including phenoxy) is 2. The summed E-state index contributed by atoms with van der Waals surface area (Å²) in [6.45, 7) is 0.931. The van der Waals surface area contributed by atoms with Crippen LogP contribution in [0.4, 0.5) is 8.78 Å². The van der Waals surface area contributed by atoms with Crippen LogP contribution in [0.1, 0.15) is 36.2 Å². The number of rotatable bonds is 0. The van der Waals surface area contributed by atoms with E-state index in [2.05, 4.69) is 0 Å². The molecule has 130 valence electrons. The molecule has 0 spiro atoms. The predicted octanol–water partition coefficient (Wildman–Crippen LogP) is 4.58. The Bertz CT molecular complexity index is 735. The van der Waals surface area contributed by atoms with Crippen molar-refractivity contribution in [3.63, 3.8) is 0 Å². The zero-order valence-electron chi connectivity index (χ0n) is 13.2. The van der Waals surface area contributed by atoms with E-state index in [1.54, 1.807) is 12.1 Å². The molecule has 0 aromatic heterocycles. The fourth-order valence-electron chi connectivity index (χ4n) is 2.60. The second-order valence-electron chi connectivity index (χ2n) is 5.32. The molecule has 2 aliphatic heterocycles. The summed E-state index contributed by atoms with van der Waals surface area (Å²) in [6.07, 6.45) is 2.28. The van der Waals surface area contributed by atoms with E-state index in [9.17, 15) is 13.6 Å². The Hall–Kier alpha value is -1.81. The molecule has 0 atom stereocenters. The number of benzene rings is 2. The average Bonchev–Trinajstić information content (AvgIpc) is 2.57. The summed E-state index contributed by atoms with van der Waals surface area (Å²) in [5, 5.41) is 0. The van der Waals surface area contributed by atoms with Crippen LogP contribution in [0.25, 0.3) is 0 Å². The van der Waals surface area contributed by atoms with Crippen LogP contribution in [0, 0.1) is 11.6 Å². The molecule has 2 heterocycles. The van der Waals surface area contributed by atoms with Crippen molar-refractivity contribution < 1.29 is 42.5 Å². The molecule has 2 aliphatic rings. The molecule has 2 aromatic rings. The van der Waals surface area contributed by atoms with Crippen LogP contribution in [0.3, 0.4) is 0 Å². The summed E-state index contributed by atoms with van der Waals surface area (Å²) in [7, 11) is 0. The van der Waals surface area contributed by atoms with E-state index in [1.807, 2.05) is 6.07 Å². The van der Waals surface area contributed by atoms with E-state index in [0.29, 0.717) is 24.3 Å². The maximum atomic E-state index is 13.0. The molecule has 3 nitrogen and oxygen atoms in total. The molecule has 0 aliphatic carbocycles. The smallest absolute Gasteiger partial charge is 0.170 e. The van der Waals surface area contributed by atoms with Gasteiger partial charge >= 0.3 is 0 Å². The van der Waals surface area contributed by atoms with Gasteiger partial charge in [-0.25, -0.2) is 8.78 Å². The molecule has 0 radical (unpaired) electrons. The Morgan fingerprint density at radius 2 is 1.48 bits per heavy atom. The van der Waals surface area contributed by atoms with Gasteiger partial charge in [-0.15, -0.1) is 0 Å². The molecule has 0 N–H and O–H groups in total. The first-order chi connectivity index (χ1) is 11.2. The fourth-order valence-corrected chi connectivity index (χ4v) is 2.60. The van der Waals surface area contributed by atoms with E-state index >= 15 is 0 Å². The van der Waals surface area contributed by atoms with Crippen LogP contribution in [-0.4, -0.2) is 19.0 Å². The molecule has 0 bridgehead atoms. The maximum absolute atomic E-state index is 13.0. The number of Topliss-reactive ketones (excluding diaryl/α,β-unsaturated/α-hetero) is 1. The average molecular weight is 400 g/mol. The molecule has 4 rings (SSSR count). The van der Waals surface area contributed by atoms with Crippen molar-refractivity contribution in [2.45, 2.75) is 26.7 Å². The first-order valence-corrected chi connectivity index (χ1v) is 7.51. The van der Waals surface area contributed by atoms with Gasteiger partial charge in [0.15, 0.2) is 28.9 Å². The number of carbonyl (C=O) groups is 1. The fraction of sp³-hybridized carbons (Fsp3) is 0.316. The largest absolute Gasteiger partial charge is 0.490 e. The van der Waals surface area contributed by atoms with Crippen molar-refractivity contribution in [2.24, 2.45) is 0 Å². The molecule has 0 saturated heterocycles. The second kappa shape index (κ2) is 9.62. The number of fused-ring (bicyclic) bond motifs is 2. The number of halogens is 2. The molecular weight excluding hydrogens is 380 g/mol. The summed E-state index contributed by atoms with van der Waals surface area (Å²) in [5.41, 5.74) is 1.36. The zero-order valence-corrected chi connectivity index (χ0v) is 16.2. The molecule has 0 unspecified atom stereocenters. The second-order valence-corrected chi connectivity index (χ2v) is 5.32. The Morgan fingerprint density at radius 3 is 2.16 bits per heavy atom. The van der Waals surface area contributed by atoms with Crippen molar-refractivity contribution in [3.05, 3.63) is 59.2 Å². The van der Waals surface area contributed by atoms with E-state index in [1.165, 1.54) is 18.2 Å². The van der Waals surface area contributed by atoms with Crippen LogP contribution in [0.15, 0.2) is 36.4 Å². The quantitative estimate of drug-likeness (QED) is 0.608. The van der Waals surface area contributed by atoms with Gasteiger partial charge in [-0.3, -0.25) is 4.79 Å². The monoisotopic (exact) mass is 398 g/mol. The van der Waals surface area contributed by atoms with Gasteiger partial charge in [0.1, 0.15) is 0 Å². The number of hydrogen-bond donors (Lipinski definition) is 0. The van der Waals surface area contributed by atoms with Gasteiger partial charge in [-0.2, -0.15) is 0 Å². The van der Waals surface area contributed by atoms with Crippen LogP contribution in [0.5, 0.6) is 11.5 Å². The van der Waals surface area contributed by atoms with Crippen molar-refractivity contribution in [1.29, 1.82) is 0 Å². The SMILES string of the molecule is C.Fc1cccc2c1OCCC2.O=C1CCOc2c(F)cccc21.[Zn]. The van der Waals surface area contributed by atoms with Gasteiger partial charge < -0.3 is 9.47 Å². The third kappa shape index (κ3) is 4.85. The first kappa shape index (κ1) is 21.2. The summed E-state index contributed by atoms with van der Waals surface area (Å²) in [4.78, 5) is 11.2. The van der Waals surface area contributed by atoms with Crippen LogP contribution >= 0.6 is 0 Å². The minimum absolute atomic E-state index is 0. The molecule has 0 amide bonds. The number of aryl methyl sites for hydroxylation is 1. The van der Waals surface area contributed by atoms with E-state index in [4.69, 9.17) is 9.47 Å². The third-order valence-electron chi connectivity index (χ3n) is 3.73. The molecule has 2 aromatic carbocycles. The van der Waals surface area contributed by atoms with Crippen LogP contribution < -0.4 is 9.47 Å². The number of hydrogen-bond acceptors (Lipinski definition) is 3. The normalized spacial score (nSPS) is 14.1. The van der Waals surface area contributed by atoms with Gasteiger partial charge in [0.05, 0.1) is 18.8 Å². The van der Waals surface area contributed by atoms with Gasteiger partial charge in [0.25, 0.3) is 0 Å². The van der Waals surface area contributed by atoms with Gasteiger partial charge in [-0.1, -0.05) is 25.6 Å².